The van der Waals surface area contributed by atoms with Crippen LogP contribution in [0.15, 0.2) is 0 Å². The molecule has 4 rings (SSSR count). The molecule has 0 unspecified atom stereocenters. The van der Waals surface area contributed by atoms with Crippen LogP contribution in [0.4, 0.5) is 0 Å². The molecule has 0 aromatic carbocycles. The summed E-state index contributed by atoms with van der Waals surface area (Å²) in [5, 5.41) is 44.4. The third-order valence-electron chi connectivity index (χ3n) is 10.8. The Hall–Kier alpha value is -1.22. The van der Waals surface area contributed by atoms with E-state index in [-0.39, 0.29) is 70.6 Å². The monoisotopic (exact) mass is 483 g/mol. The lowest BCUT2D eigenvalue weighted by Crippen LogP contribution is -2.62. The van der Waals surface area contributed by atoms with E-state index < -0.39 is 12.1 Å². The van der Waals surface area contributed by atoms with E-state index in [1.807, 2.05) is 0 Å². The summed E-state index contributed by atoms with van der Waals surface area (Å²) in [5.74, 6) is 0.265. The molecule has 4 aliphatic rings. The summed E-state index contributed by atoms with van der Waals surface area (Å²) in [6, 6.07) is 0. The normalized spacial score (nSPS) is 46.3. The second-order valence-corrected chi connectivity index (χ2v) is 12.2. The van der Waals surface area contributed by atoms with Crippen molar-refractivity contribution in [3.8, 4) is 0 Å². The van der Waals surface area contributed by atoms with Crippen LogP contribution in [0.5, 0.6) is 0 Å². The molecule has 0 saturated heterocycles. The highest BCUT2D eigenvalue weighted by atomic mass is 16.4. The van der Waals surface area contributed by atoms with Crippen LogP contribution in [0.2, 0.25) is 0 Å². The predicted molar refractivity (Wildman–Crippen MR) is 127 cm³/mol. The lowest BCUT2D eigenvalue weighted by molar-refractivity contribution is -0.207. The number of carbonyl (C=O) groups is 2. The molecule has 0 heterocycles. The molecule has 4 saturated carbocycles. The van der Waals surface area contributed by atoms with Gasteiger partial charge in [0, 0.05) is 6.42 Å². The van der Waals surface area contributed by atoms with Crippen molar-refractivity contribution in [2.75, 3.05) is 6.54 Å². The molecule has 4 fully saturated rings. The van der Waals surface area contributed by atoms with E-state index in [1.54, 1.807) is 0 Å². The van der Waals surface area contributed by atoms with Crippen LogP contribution < -0.4 is 5.32 Å². The van der Waals surface area contributed by atoms with Crippen molar-refractivity contribution >= 4 is 11.9 Å². The van der Waals surface area contributed by atoms with Crippen LogP contribution in [-0.4, -0.2) is 62.6 Å². The molecule has 34 heavy (non-hydrogen) atoms. The summed E-state index contributed by atoms with van der Waals surface area (Å²) in [4.78, 5) is 22.7. The van der Waals surface area contributed by atoms with Crippen molar-refractivity contribution in [3.05, 3.63) is 0 Å². The van der Waals surface area contributed by atoms with Gasteiger partial charge in [-0.3, -0.25) is 9.59 Å². The molecule has 196 valence electrons. The first-order chi connectivity index (χ1) is 15.5. The third kappa shape index (κ3) is 4.51. The van der Waals surface area contributed by atoms with E-state index >= 15 is 0 Å². The maximum absolute atomic E-state index is 12.0. The van der Waals surface area contributed by atoms with Gasteiger partial charge in [-0.05, 0) is 97.7 Å². The van der Waals surface area contributed by atoms with E-state index in [4.69, 9.17) is 5.11 Å². The lowest BCUT2D eigenvalue weighted by Gasteiger charge is -2.63. The van der Waals surface area contributed by atoms with Crippen molar-refractivity contribution in [2.45, 2.75) is 96.9 Å². The Morgan fingerprint density at radius 3 is 2.41 bits per heavy atom. The average Bonchev–Trinajstić information content (AvgIpc) is 3.11. The zero-order valence-corrected chi connectivity index (χ0v) is 20.9. The number of carboxylic acid groups (broad SMARTS) is 1. The maximum Gasteiger partial charge on any atom is 0.322 e. The molecule has 0 bridgehead atoms. The minimum absolute atomic E-state index is 0. The summed E-state index contributed by atoms with van der Waals surface area (Å²) in [5.41, 5.74) is -0.214. The van der Waals surface area contributed by atoms with Gasteiger partial charge >= 0.3 is 5.97 Å². The number of aliphatic hydroxyl groups excluding tert-OH is 3. The zero-order valence-electron chi connectivity index (χ0n) is 20.9. The zero-order chi connectivity index (χ0) is 24.1. The number of hydrogen-bond donors (Lipinski definition) is 5. The Labute approximate surface area is 202 Å². The lowest BCUT2D eigenvalue weighted by atomic mass is 9.43. The fourth-order valence-electron chi connectivity index (χ4n) is 8.95. The van der Waals surface area contributed by atoms with Gasteiger partial charge in [-0.25, -0.2) is 0 Å². The Morgan fingerprint density at radius 2 is 1.74 bits per heavy atom. The first-order valence-corrected chi connectivity index (χ1v) is 13.0. The second-order valence-electron chi connectivity index (χ2n) is 12.2. The molecule has 8 heteroatoms. The number of carboxylic acids is 1. The Morgan fingerprint density at radius 1 is 1.03 bits per heavy atom. The smallest absolute Gasteiger partial charge is 0.322 e. The number of rotatable bonds is 6. The first-order valence-electron chi connectivity index (χ1n) is 13.0. The van der Waals surface area contributed by atoms with Crippen LogP contribution in [-0.2, 0) is 9.59 Å². The predicted octanol–water partition coefficient (Wildman–Crippen LogP) is 1.74. The summed E-state index contributed by atoms with van der Waals surface area (Å²) in [6.45, 7) is 6.35. The summed E-state index contributed by atoms with van der Waals surface area (Å²) in [7, 11) is 0. The molecule has 0 spiro atoms. The van der Waals surface area contributed by atoms with Crippen molar-refractivity contribution in [2.24, 2.45) is 46.3 Å². The fourth-order valence-corrected chi connectivity index (χ4v) is 8.95. The van der Waals surface area contributed by atoms with Crippen molar-refractivity contribution in [1.82, 2.24) is 5.32 Å². The number of aliphatic hydroxyl groups is 3. The Bertz CT molecular complexity index is 761. The molecule has 0 aliphatic heterocycles. The Kier molecular flexibility index (Phi) is 8.08. The number of carbonyl (C=O) groups excluding carboxylic acids is 1. The van der Waals surface area contributed by atoms with Crippen molar-refractivity contribution in [1.29, 1.82) is 0 Å². The molecule has 8 nitrogen and oxygen atoms in total. The van der Waals surface area contributed by atoms with Gasteiger partial charge < -0.3 is 31.2 Å². The molecular formula is C26H45NO7. The van der Waals surface area contributed by atoms with E-state index in [9.17, 15) is 24.9 Å². The van der Waals surface area contributed by atoms with Gasteiger partial charge in [-0.2, -0.15) is 0 Å². The van der Waals surface area contributed by atoms with Crippen LogP contribution in [0.1, 0.15) is 78.6 Å². The topological polar surface area (TPSA) is 159 Å². The van der Waals surface area contributed by atoms with E-state index in [2.05, 4.69) is 26.1 Å². The number of nitrogens with one attached hydrogen (secondary N) is 1. The third-order valence-corrected chi connectivity index (χ3v) is 10.8. The van der Waals surface area contributed by atoms with Gasteiger partial charge in [0.25, 0.3) is 0 Å². The number of aliphatic carboxylic acids is 1. The number of fused-ring (bicyclic) bond motifs is 5. The molecule has 0 aromatic heterocycles. The quantitative estimate of drug-likeness (QED) is 0.387. The van der Waals surface area contributed by atoms with E-state index in [0.717, 1.165) is 38.5 Å². The van der Waals surface area contributed by atoms with Crippen LogP contribution in [0.3, 0.4) is 0 Å². The fraction of sp³-hybridized carbons (Fsp3) is 0.923. The molecule has 0 aromatic rings. The maximum atomic E-state index is 12.0. The van der Waals surface area contributed by atoms with Crippen LogP contribution >= 0.6 is 0 Å². The van der Waals surface area contributed by atoms with Crippen LogP contribution in [0, 0.1) is 46.3 Å². The van der Waals surface area contributed by atoms with Gasteiger partial charge in [-0.1, -0.05) is 20.8 Å². The minimum Gasteiger partial charge on any atom is -0.480 e. The minimum atomic E-state index is -1.04. The highest BCUT2D eigenvalue weighted by Crippen LogP contribution is 2.68. The SMILES string of the molecule is C[C@H](CCC(=O)NCC(=O)O)[C@H]1CC[C@H]2[C@@H]3[C@H](O)C[C@@H]4C[C@H](O)CC[C@]4(C)[C@H]3C[C@H](O)[C@]12C.O. The average molecular weight is 484 g/mol. The molecular weight excluding hydrogens is 438 g/mol. The van der Waals surface area contributed by atoms with E-state index in [1.165, 1.54) is 0 Å². The van der Waals surface area contributed by atoms with Gasteiger partial charge in [0.2, 0.25) is 5.91 Å². The van der Waals surface area contributed by atoms with E-state index in [0.29, 0.717) is 25.2 Å². The van der Waals surface area contributed by atoms with Gasteiger partial charge in [0.15, 0.2) is 0 Å². The van der Waals surface area contributed by atoms with Gasteiger partial charge in [0.1, 0.15) is 6.54 Å². The standard InChI is InChI=1S/C26H43NO6.H2O/c1-14(4-7-22(31)27-13-23(32)33)17-5-6-18-24-19(12-21(30)26(17,18)3)25(2)9-8-16(28)10-15(25)11-20(24)29;/h14-21,24,28-30H,4-13H2,1-3H3,(H,27,31)(H,32,33);1H2/t14-,15+,16-,17-,18+,19+,20-,21+,24+,25+,26-;/m1./s1. The first kappa shape index (κ1) is 27.4. The van der Waals surface area contributed by atoms with Crippen LogP contribution in [0.25, 0.3) is 0 Å². The number of hydrogen-bond acceptors (Lipinski definition) is 5. The van der Waals surface area contributed by atoms with Gasteiger partial charge in [-0.15, -0.1) is 0 Å². The molecule has 7 N–H and O–H groups in total. The van der Waals surface area contributed by atoms with Crippen molar-refractivity contribution < 1.29 is 35.5 Å². The Balaban J connectivity index is 0.00000324. The molecule has 1 amide bonds. The molecule has 4 aliphatic carbocycles. The molecule has 11 atom stereocenters. The van der Waals surface area contributed by atoms with Crippen molar-refractivity contribution in [3.63, 3.8) is 0 Å². The molecule has 0 radical (unpaired) electrons. The number of amides is 1. The largest absolute Gasteiger partial charge is 0.480 e. The highest BCUT2D eigenvalue weighted by molar-refractivity contribution is 5.81. The summed E-state index contributed by atoms with van der Waals surface area (Å²) < 4.78 is 0. The summed E-state index contributed by atoms with van der Waals surface area (Å²) >= 11 is 0. The highest BCUT2D eigenvalue weighted by Gasteiger charge is 2.65. The van der Waals surface area contributed by atoms with Gasteiger partial charge in [0.05, 0.1) is 18.3 Å². The summed E-state index contributed by atoms with van der Waals surface area (Å²) in [6.07, 6.45) is 5.86. The second kappa shape index (κ2) is 10.0.